The molecule has 2 aromatic rings. The highest BCUT2D eigenvalue weighted by molar-refractivity contribution is 5.86. The molecule has 0 radical (unpaired) electrons. The van der Waals surface area contributed by atoms with Crippen molar-refractivity contribution in [2.45, 2.75) is 45.6 Å². The maximum absolute atomic E-state index is 12.3. The van der Waals surface area contributed by atoms with Gasteiger partial charge in [0.15, 0.2) is 5.65 Å². The number of fused-ring (bicyclic) bond motifs is 1. The van der Waals surface area contributed by atoms with Crippen LogP contribution in [-0.4, -0.2) is 46.9 Å². The van der Waals surface area contributed by atoms with E-state index in [1.54, 1.807) is 11.8 Å². The number of carbonyl (C=O) groups excluding carboxylic acids is 1. The number of nitrogens with one attached hydrogen (secondary N) is 2. The van der Waals surface area contributed by atoms with Crippen LogP contribution in [0, 0.1) is 13.8 Å². The quantitative estimate of drug-likeness (QED) is 0.856. The Kier molecular flexibility index (Phi) is 5.22. The van der Waals surface area contributed by atoms with E-state index in [4.69, 9.17) is 4.74 Å². The first kappa shape index (κ1) is 17.7. The van der Waals surface area contributed by atoms with Gasteiger partial charge in [-0.3, -0.25) is 4.79 Å². The maximum atomic E-state index is 12.3. The number of piperidine rings is 1. The fraction of sp³-hybridized carbons (Fsp3) is 0.611. The van der Waals surface area contributed by atoms with E-state index in [1.807, 2.05) is 14.0 Å². The summed E-state index contributed by atoms with van der Waals surface area (Å²) in [6.07, 6.45) is 3.16. The van der Waals surface area contributed by atoms with Crippen LogP contribution >= 0.6 is 0 Å². The van der Waals surface area contributed by atoms with Gasteiger partial charge in [-0.1, -0.05) is 0 Å². The number of amides is 1. The van der Waals surface area contributed by atoms with Crippen LogP contribution in [0.25, 0.3) is 11.0 Å². The molecule has 1 saturated heterocycles. The number of methoxy groups -OCH3 is 1. The van der Waals surface area contributed by atoms with Crippen molar-refractivity contribution < 1.29 is 9.53 Å². The van der Waals surface area contributed by atoms with Gasteiger partial charge in [0.1, 0.15) is 0 Å². The summed E-state index contributed by atoms with van der Waals surface area (Å²) in [4.78, 5) is 17.0. The lowest BCUT2D eigenvalue weighted by Gasteiger charge is -2.23. The number of hydrogen-bond donors (Lipinski definition) is 2. The molecule has 0 aliphatic carbocycles. The highest BCUT2D eigenvalue weighted by Crippen LogP contribution is 2.30. The first-order valence-electron chi connectivity index (χ1n) is 8.88. The highest BCUT2D eigenvalue weighted by atomic mass is 16.5. The number of carbonyl (C=O) groups is 1. The second-order valence-electron chi connectivity index (χ2n) is 6.72. The Morgan fingerprint density at radius 3 is 2.76 bits per heavy atom. The summed E-state index contributed by atoms with van der Waals surface area (Å²) in [5.74, 6) is 0.701. The summed E-state index contributed by atoms with van der Waals surface area (Å²) in [5, 5.41) is 11.8. The fourth-order valence-electron chi connectivity index (χ4n) is 3.61. The molecule has 0 saturated carbocycles. The molecule has 0 unspecified atom stereocenters. The summed E-state index contributed by atoms with van der Waals surface area (Å²) in [7, 11) is 3.48. The van der Waals surface area contributed by atoms with Crippen molar-refractivity contribution >= 4 is 16.9 Å². The topological polar surface area (TPSA) is 81.1 Å². The van der Waals surface area contributed by atoms with E-state index in [-0.39, 0.29) is 5.91 Å². The third-order valence-corrected chi connectivity index (χ3v) is 5.02. The van der Waals surface area contributed by atoms with Gasteiger partial charge < -0.3 is 15.4 Å². The van der Waals surface area contributed by atoms with Gasteiger partial charge in [0.2, 0.25) is 11.8 Å². The Morgan fingerprint density at radius 2 is 2.08 bits per heavy atom. The summed E-state index contributed by atoms with van der Waals surface area (Å²) in [6, 6.07) is 0.301. The Morgan fingerprint density at radius 1 is 1.36 bits per heavy atom. The second kappa shape index (κ2) is 7.39. The molecule has 1 aliphatic heterocycles. The first-order valence-corrected chi connectivity index (χ1v) is 8.88. The third kappa shape index (κ3) is 3.61. The van der Waals surface area contributed by atoms with Crippen LogP contribution in [0.1, 0.15) is 36.1 Å². The van der Waals surface area contributed by atoms with Crippen molar-refractivity contribution in [1.82, 2.24) is 25.4 Å². The van der Waals surface area contributed by atoms with Crippen LogP contribution in [0.2, 0.25) is 0 Å². The van der Waals surface area contributed by atoms with Gasteiger partial charge in [-0.2, -0.15) is 0 Å². The maximum Gasteiger partial charge on any atom is 0.242 e. The molecule has 1 amide bonds. The lowest BCUT2D eigenvalue weighted by Crippen LogP contribution is -2.42. The molecule has 0 spiro atoms. The fourth-order valence-corrected chi connectivity index (χ4v) is 3.61. The molecule has 2 aromatic heterocycles. The van der Waals surface area contributed by atoms with Crippen molar-refractivity contribution in [2.24, 2.45) is 7.05 Å². The van der Waals surface area contributed by atoms with Gasteiger partial charge >= 0.3 is 0 Å². The zero-order valence-corrected chi connectivity index (χ0v) is 15.5. The summed E-state index contributed by atoms with van der Waals surface area (Å²) < 4.78 is 7.13. The van der Waals surface area contributed by atoms with Gasteiger partial charge in [-0.15, -0.1) is 5.10 Å². The van der Waals surface area contributed by atoms with E-state index in [0.717, 1.165) is 53.8 Å². The molecular formula is C18H27N5O2. The van der Waals surface area contributed by atoms with Crippen LogP contribution in [0.4, 0.5) is 0 Å². The molecule has 25 heavy (non-hydrogen) atoms. The Balaban J connectivity index is 1.75. The largest absolute Gasteiger partial charge is 0.479 e. The summed E-state index contributed by atoms with van der Waals surface area (Å²) in [6.45, 7) is 6.00. The predicted molar refractivity (Wildman–Crippen MR) is 96.9 cm³/mol. The zero-order chi connectivity index (χ0) is 18.0. The number of aryl methyl sites for hydroxylation is 3. The molecule has 7 nitrogen and oxygen atoms in total. The monoisotopic (exact) mass is 345 g/mol. The van der Waals surface area contributed by atoms with Gasteiger partial charge in [-0.25, -0.2) is 9.67 Å². The third-order valence-electron chi connectivity index (χ3n) is 5.02. The van der Waals surface area contributed by atoms with Gasteiger partial charge in [0, 0.05) is 25.2 Å². The van der Waals surface area contributed by atoms with Gasteiger partial charge in [-0.05, 0) is 57.3 Å². The summed E-state index contributed by atoms with van der Waals surface area (Å²) in [5.41, 5.74) is 3.97. The minimum atomic E-state index is 0.115. The van der Waals surface area contributed by atoms with Gasteiger partial charge in [0.25, 0.3) is 0 Å². The van der Waals surface area contributed by atoms with E-state index >= 15 is 0 Å². The smallest absolute Gasteiger partial charge is 0.242 e. The van der Waals surface area contributed by atoms with Crippen molar-refractivity contribution in [3.63, 3.8) is 0 Å². The normalized spacial score (nSPS) is 15.5. The molecule has 3 rings (SSSR count). The predicted octanol–water partition coefficient (Wildman–Crippen LogP) is 1.39. The van der Waals surface area contributed by atoms with E-state index in [1.165, 1.54) is 0 Å². The molecule has 0 aromatic carbocycles. The minimum absolute atomic E-state index is 0.115. The highest BCUT2D eigenvalue weighted by Gasteiger charge is 2.19. The number of pyridine rings is 1. The van der Waals surface area contributed by atoms with E-state index < -0.39 is 0 Å². The Bertz CT molecular complexity index is 778. The minimum Gasteiger partial charge on any atom is -0.479 e. The van der Waals surface area contributed by atoms with Crippen LogP contribution in [0.15, 0.2) is 0 Å². The van der Waals surface area contributed by atoms with Crippen LogP contribution in [0.3, 0.4) is 0 Å². The van der Waals surface area contributed by atoms with Crippen molar-refractivity contribution in [3.05, 3.63) is 16.8 Å². The number of hydrogen-bond acceptors (Lipinski definition) is 5. The van der Waals surface area contributed by atoms with Crippen molar-refractivity contribution in [1.29, 1.82) is 0 Å². The Labute approximate surface area is 148 Å². The average Bonchev–Trinajstić information content (AvgIpc) is 2.91. The SMILES string of the molecule is COc1nn(C)c2nc(C)c(CCC(=O)NC3CCNCC3)c(C)c12. The molecule has 0 atom stereocenters. The van der Waals surface area contributed by atoms with E-state index in [0.29, 0.717) is 24.8 Å². The average molecular weight is 345 g/mol. The molecule has 1 fully saturated rings. The molecule has 1 aliphatic rings. The number of ether oxygens (including phenoxy) is 1. The molecule has 7 heteroatoms. The van der Waals surface area contributed by atoms with Crippen LogP contribution in [0.5, 0.6) is 5.88 Å². The Hall–Kier alpha value is -2.15. The number of rotatable bonds is 5. The molecule has 2 N–H and O–H groups in total. The second-order valence-corrected chi connectivity index (χ2v) is 6.72. The van der Waals surface area contributed by atoms with E-state index in [2.05, 4.69) is 27.6 Å². The lowest BCUT2D eigenvalue weighted by atomic mass is 9.99. The van der Waals surface area contributed by atoms with Gasteiger partial charge in [0.05, 0.1) is 12.5 Å². The van der Waals surface area contributed by atoms with Crippen molar-refractivity contribution in [3.8, 4) is 5.88 Å². The summed E-state index contributed by atoms with van der Waals surface area (Å²) >= 11 is 0. The van der Waals surface area contributed by atoms with Crippen LogP contribution in [-0.2, 0) is 18.3 Å². The number of aromatic nitrogens is 3. The zero-order valence-electron chi connectivity index (χ0n) is 15.5. The number of nitrogens with zero attached hydrogens (tertiary/aromatic N) is 3. The first-order chi connectivity index (χ1) is 12.0. The van der Waals surface area contributed by atoms with Crippen LogP contribution < -0.4 is 15.4 Å². The molecule has 0 bridgehead atoms. The lowest BCUT2D eigenvalue weighted by molar-refractivity contribution is -0.121. The molecule has 3 heterocycles. The van der Waals surface area contributed by atoms with Crippen molar-refractivity contribution in [2.75, 3.05) is 20.2 Å². The molecule has 136 valence electrons. The standard InChI is InChI=1S/C18H27N5O2/c1-11-14(5-6-15(24)21-13-7-9-19-10-8-13)12(2)20-17-16(11)18(25-4)22-23(17)3/h13,19H,5-10H2,1-4H3,(H,21,24). The molecular weight excluding hydrogens is 318 g/mol. The van der Waals surface area contributed by atoms with E-state index in [9.17, 15) is 4.79 Å².